The van der Waals surface area contributed by atoms with Crippen LogP contribution in [0.1, 0.15) is 17.8 Å². The molecule has 1 aromatic heterocycles. The second-order valence-electron chi connectivity index (χ2n) is 4.43. The summed E-state index contributed by atoms with van der Waals surface area (Å²) in [6, 6.07) is 6.15. The van der Waals surface area contributed by atoms with E-state index in [1.165, 1.54) is 12.1 Å². The van der Waals surface area contributed by atoms with Gasteiger partial charge in [-0.2, -0.15) is 5.10 Å². The highest BCUT2D eigenvalue weighted by molar-refractivity contribution is 5.71. The molecule has 5 heteroatoms. The SMILES string of the molecule is Cc1c(-c2ccc(F)cc2)c(CCC(=O)O)nn1C. The van der Waals surface area contributed by atoms with E-state index in [9.17, 15) is 9.18 Å². The first kappa shape index (κ1) is 13.3. The lowest BCUT2D eigenvalue weighted by Crippen LogP contribution is -1.99. The maximum Gasteiger partial charge on any atom is 0.303 e. The predicted octanol–water partition coefficient (Wildman–Crippen LogP) is 2.55. The monoisotopic (exact) mass is 262 g/mol. The van der Waals surface area contributed by atoms with Crippen LogP contribution in [0.5, 0.6) is 0 Å². The molecule has 4 nitrogen and oxygen atoms in total. The molecule has 1 heterocycles. The third kappa shape index (κ3) is 2.81. The number of aryl methyl sites for hydroxylation is 2. The molecule has 0 unspecified atom stereocenters. The van der Waals surface area contributed by atoms with E-state index in [1.807, 2.05) is 14.0 Å². The lowest BCUT2D eigenvalue weighted by atomic mass is 10.0. The molecule has 19 heavy (non-hydrogen) atoms. The Hall–Kier alpha value is -2.17. The van der Waals surface area contributed by atoms with Crippen LogP contribution < -0.4 is 0 Å². The van der Waals surface area contributed by atoms with Gasteiger partial charge in [-0.25, -0.2) is 4.39 Å². The summed E-state index contributed by atoms with van der Waals surface area (Å²) < 4.78 is 14.7. The van der Waals surface area contributed by atoms with Crippen molar-refractivity contribution in [3.8, 4) is 11.1 Å². The molecule has 0 spiro atoms. The fourth-order valence-electron chi connectivity index (χ4n) is 2.07. The van der Waals surface area contributed by atoms with Gasteiger partial charge in [-0.15, -0.1) is 0 Å². The van der Waals surface area contributed by atoms with Crippen molar-refractivity contribution in [2.24, 2.45) is 7.05 Å². The van der Waals surface area contributed by atoms with Crippen LogP contribution in [0.3, 0.4) is 0 Å². The lowest BCUT2D eigenvalue weighted by Gasteiger charge is -2.03. The number of aromatic nitrogens is 2. The average Bonchev–Trinajstić information content (AvgIpc) is 2.64. The highest BCUT2D eigenvalue weighted by atomic mass is 19.1. The summed E-state index contributed by atoms with van der Waals surface area (Å²) in [5.74, 6) is -1.15. The van der Waals surface area contributed by atoms with Crippen molar-refractivity contribution in [3.05, 3.63) is 41.5 Å². The van der Waals surface area contributed by atoms with Crippen LogP contribution in [0.2, 0.25) is 0 Å². The van der Waals surface area contributed by atoms with Gasteiger partial charge in [0.1, 0.15) is 5.82 Å². The Labute approximate surface area is 110 Å². The summed E-state index contributed by atoms with van der Waals surface area (Å²) in [6.45, 7) is 1.91. The van der Waals surface area contributed by atoms with Crippen LogP contribution in [0.15, 0.2) is 24.3 Å². The number of carboxylic acid groups (broad SMARTS) is 1. The van der Waals surface area contributed by atoms with Gasteiger partial charge in [0.25, 0.3) is 0 Å². The van der Waals surface area contributed by atoms with E-state index in [0.29, 0.717) is 6.42 Å². The van der Waals surface area contributed by atoms with E-state index in [1.54, 1.807) is 16.8 Å². The zero-order valence-corrected chi connectivity index (χ0v) is 10.9. The molecule has 2 rings (SSSR count). The average molecular weight is 262 g/mol. The summed E-state index contributed by atoms with van der Waals surface area (Å²) in [7, 11) is 1.81. The molecular formula is C14H15FN2O2. The van der Waals surface area contributed by atoms with Gasteiger partial charge in [0, 0.05) is 24.7 Å². The molecule has 0 saturated carbocycles. The van der Waals surface area contributed by atoms with Crippen LogP contribution >= 0.6 is 0 Å². The maximum atomic E-state index is 13.0. The molecule has 1 N–H and O–H groups in total. The largest absolute Gasteiger partial charge is 0.481 e. The molecule has 0 aliphatic heterocycles. The Morgan fingerprint density at radius 2 is 2.00 bits per heavy atom. The number of aliphatic carboxylic acids is 1. The van der Waals surface area contributed by atoms with E-state index >= 15 is 0 Å². The second kappa shape index (κ2) is 5.22. The third-order valence-electron chi connectivity index (χ3n) is 3.12. The van der Waals surface area contributed by atoms with Gasteiger partial charge >= 0.3 is 5.97 Å². The minimum atomic E-state index is -0.853. The summed E-state index contributed by atoms with van der Waals surface area (Å²) in [6.07, 6.45) is 0.397. The summed E-state index contributed by atoms with van der Waals surface area (Å²) in [5.41, 5.74) is 3.41. The molecule has 0 amide bonds. The van der Waals surface area contributed by atoms with Gasteiger partial charge < -0.3 is 5.11 Å². The maximum absolute atomic E-state index is 13.0. The predicted molar refractivity (Wildman–Crippen MR) is 69.3 cm³/mol. The first-order chi connectivity index (χ1) is 8.99. The molecule has 0 atom stereocenters. The molecule has 0 fully saturated rings. The van der Waals surface area contributed by atoms with Crippen molar-refractivity contribution in [3.63, 3.8) is 0 Å². The van der Waals surface area contributed by atoms with E-state index in [0.717, 1.165) is 22.5 Å². The minimum absolute atomic E-state index is 0.0324. The lowest BCUT2D eigenvalue weighted by molar-refractivity contribution is -0.136. The van der Waals surface area contributed by atoms with Gasteiger partial charge in [-0.3, -0.25) is 9.48 Å². The van der Waals surface area contributed by atoms with Gasteiger partial charge in [0.2, 0.25) is 0 Å². The van der Waals surface area contributed by atoms with Gasteiger partial charge in [-0.1, -0.05) is 12.1 Å². The quantitative estimate of drug-likeness (QED) is 0.921. The smallest absolute Gasteiger partial charge is 0.303 e. The standard InChI is InChI=1S/C14H15FN2O2/c1-9-14(10-3-5-11(15)6-4-10)12(16-17(9)2)7-8-13(18)19/h3-6H,7-8H2,1-2H3,(H,18,19). The number of hydrogen-bond acceptors (Lipinski definition) is 2. The molecule has 2 aromatic rings. The van der Waals surface area contributed by atoms with Crippen molar-refractivity contribution in [1.82, 2.24) is 9.78 Å². The number of rotatable bonds is 4. The van der Waals surface area contributed by atoms with Gasteiger partial charge in [0.15, 0.2) is 0 Å². The van der Waals surface area contributed by atoms with Crippen LogP contribution in [0.4, 0.5) is 4.39 Å². The van der Waals surface area contributed by atoms with E-state index in [-0.39, 0.29) is 12.2 Å². The summed E-state index contributed by atoms with van der Waals surface area (Å²) in [5, 5.41) is 13.1. The zero-order valence-electron chi connectivity index (χ0n) is 10.9. The van der Waals surface area contributed by atoms with Crippen molar-refractivity contribution >= 4 is 5.97 Å². The van der Waals surface area contributed by atoms with Crippen LogP contribution in [0.25, 0.3) is 11.1 Å². The van der Waals surface area contributed by atoms with E-state index < -0.39 is 5.97 Å². The third-order valence-corrected chi connectivity index (χ3v) is 3.12. The second-order valence-corrected chi connectivity index (χ2v) is 4.43. The van der Waals surface area contributed by atoms with Crippen LogP contribution in [0, 0.1) is 12.7 Å². The van der Waals surface area contributed by atoms with Crippen LogP contribution in [-0.4, -0.2) is 20.9 Å². The fourth-order valence-corrected chi connectivity index (χ4v) is 2.07. The van der Waals surface area contributed by atoms with Crippen molar-refractivity contribution in [1.29, 1.82) is 0 Å². The molecule has 0 aliphatic carbocycles. The first-order valence-corrected chi connectivity index (χ1v) is 5.99. The fraction of sp³-hybridized carbons (Fsp3) is 0.286. The molecule has 100 valence electrons. The Bertz CT molecular complexity index is 603. The number of carboxylic acids is 1. The highest BCUT2D eigenvalue weighted by Crippen LogP contribution is 2.27. The number of hydrogen-bond donors (Lipinski definition) is 1. The van der Waals surface area contributed by atoms with Crippen molar-refractivity contribution in [2.75, 3.05) is 0 Å². The first-order valence-electron chi connectivity index (χ1n) is 5.99. The zero-order chi connectivity index (χ0) is 14.0. The number of halogens is 1. The number of carbonyl (C=O) groups is 1. The number of benzene rings is 1. The van der Waals surface area contributed by atoms with Crippen LogP contribution in [-0.2, 0) is 18.3 Å². The molecular weight excluding hydrogens is 247 g/mol. The summed E-state index contributed by atoms with van der Waals surface area (Å²) >= 11 is 0. The molecule has 0 saturated heterocycles. The Morgan fingerprint density at radius 3 is 2.58 bits per heavy atom. The molecule has 0 aliphatic rings. The normalized spacial score (nSPS) is 10.7. The Balaban J connectivity index is 2.42. The number of nitrogens with zero attached hydrogens (tertiary/aromatic N) is 2. The Kier molecular flexibility index (Phi) is 3.64. The van der Waals surface area contributed by atoms with Gasteiger partial charge in [0.05, 0.1) is 12.1 Å². The van der Waals surface area contributed by atoms with E-state index in [2.05, 4.69) is 5.10 Å². The van der Waals surface area contributed by atoms with Crippen molar-refractivity contribution < 1.29 is 14.3 Å². The topological polar surface area (TPSA) is 55.1 Å². The molecule has 0 bridgehead atoms. The molecule has 0 radical (unpaired) electrons. The minimum Gasteiger partial charge on any atom is -0.481 e. The molecule has 1 aromatic carbocycles. The summed E-state index contributed by atoms with van der Waals surface area (Å²) in [4.78, 5) is 10.7. The van der Waals surface area contributed by atoms with Crippen molar-refractivity contribution in [2.45, 2.75) is 19.8 Å². The van der Waals surface area contributed by atoms with Gasteiger partial charge in [-0.05, 0) is 24.6 Å². The van der Waals surface area contributed by atoms with E-state index in [4.69, 9.17) is 5.11 Å². The highest BCUT2D eigenvalue weighted by Gasteiger charge is 2.15. The Morgan fingerprint density at radius 1 is 1.37 bits per heavy atom.